The highest BCUT2D eigenvalue weighted by Gasteiger charge is 2.44. The predicted molar refractivity (Wildman–Crippen MR) is 57.7 cm³/mol. The summed E-state index contributed by atoms with van der Waals surface area (Å²) in [6.45, 7) is 0. The summed E-state index contributed by atoms with van der Waals surface area (Å²) >= 11 is 0. The fourth-order valence-electron chi connectivity index (χ4n) is 2.86. The summed E-state index contributed by atoms with van der Waals surface area (Å²) in [7, 11) is 0. The van der Waals surface area contributed by atoms with Crippen LogP contribution >= 0.6 is 12.4 Å². The molecule has 0 aromatic rings. The topological polar surface area (TPSA) is 26.0 Å². The van der Waals surface area contributed by atoms with Gasteiger partial charge in [0.15, 0.2) is 0 Å². The van der Waals surface area contributed by atoms with Gasteiger partial charge in [-0.05, 0) is 43.9 Å². The van der Waals surface area contributed by atoms with Crippen LogP contribution in [-0.4, -0.2) is 6.04 Å². The first-order valence-corrected chi connectivity index (χ1v) is 4.96. The van der Waals surface area contributed by atoms with Gasteiger partial charge in [0.05, 0.1) is 0 Å². The highest BCUT2D eigenvalue weighted by atomic mass is 35.5. The van der Waals surface area contributed by atoms with E-state index in [1.807, 2.05) is 0 Å². The molecule has 0 atom stereocenters. The largest absolute Gasteiger partial charge is 0.328 e. The lowest BCUT2D eigenvalue weighted by atomic mass is 9.57. The molecule has 0 amide bonds. The normalized spacial score (nSPS) is 43.1. The standard InChI is InChI=1S/C11H17N.ClH/c1-2-9-3-5-11(6-4-9)7-10(12)8-11;/h1,9-10H,3-8,12H2;1H. The number of rotatable bonds is 0. The molecule has 0 unspecified atom stereocenters. The van der Waals surface area contributed by atoms with Crippen LogP contribution in [0.4, 0.5) is 0 Å². The van der Waals surface area contributed by atoms with Gasteiger partial charge in [0.2, 0.25) is 0 Å². The van der Waals surface area contributed by atoms with Crippen LogP contribution in [-0.2, 0) is 0 Å². The molecule has 0 radical (unpaired) electrons. The Morgan fingerprint density at radius 3 is 2.15 bits per heavy atom. The average Bonchev–Trinajstić information content (AvgIpc) is 2.04. The number of halogens is 1. The first-order valence-electron chi connectivity index (χ1n) is 4.96. The summed E-state index contributed by atoms with van der Waals surface area (Å²) < 4.78 is 0. The van der Waals surface area contributed by atoms with Gasteiger partial charge in [-0.3, -0.25) is 0 Å². The summed E-state index contributed by atoms with van der Waals surface area (Å²) in [4.78, 5) is 0. The van der Waals surface area contributed by atoms with E-state index in [1.165, 1.54) is 38.5 Å². The third-order valence-corrected chi connectivity index (χ3v) is 3.67. The Kier molecular flexibility index (Phi) is 3.27. The van der Waals surface area contributed by atoms with Crippen molar-refractivity contribution >= 4 is 12.4 Å². The second-order valence-corrected chi connectivity index (χ2v) is 4.61. The summed E-state index contributed by atoms with van der Waals surface area (Å²) in [5.74, 6) is 3.43. The predicted octanol–water partition coefficient (Wildman–Crippen LogP) is 2.34. The Labute approximate surface area is 86.9 Å². The maximum atomic E-state index is 5.81. The molecule has 2 heteroatoms. The van der Waals surface area contributed by atoms with Gasteiger partial charge in [-0.1, -0.05) is 0 Å². The van der Waals surface area contributed by atoms with Gasteiger partial charge < -0.3 is 5.73 Å². The molecular weight excluding hydrogens is 182 g/mol. The molecule has 13 heavy (non-hydrogen) atoms. The number of hydrogen-bond acceptors (Lipinski definition) is 1. The Morgan fingerprint density at radius 2 is 1.77 bits per heavy atom. The van der Waals surface area contributed by atoms with Crippen molar-refractivity contribution in [1.82, 2.24) is 0 Å². The van der Waals surface area contributed by atoms with Gasteiger partial charge in [-0.2, -0.15) is 0 Å². The molecule has 2 rings (SSSR count). The molecule has 0 aromatic heterocycles. The first kappa shape index (κ1) is 10.9. The van der Waals surface area contributed by atoms with E-state index in [-0.39, 0.29) is 12.4 Å². The van der Waals surface area contributed by atoms with E-state index in [2.05, 4.69) is 5.92 Å². The first-order chi connectivity index (χ1) is 5.74. The molecule has 2 N–H and O–H groups in total. The lowest BCUT2D eigenvalue weighted by Gasteiger charge is -2.50. The van der Waals surface area contributed by atoms with Crippen LogP contribution in [0.5, 0.6) is 0 Å². The molecule has 2 aliphatic rings. The van der Waals surface area contributed by atoms with E-state index in [1.54, 1.807) is 0 Å². The van der Waals surface area contributed by atoms with Crippen LogP contribution in [0.1, 0.15) is 38.5 Å². The van der Waals surface area contributed by atoms with Crippen LogP contribution < -0.4 is 5.73 Å². The zero-order valence-electron chi connectivity index (χ0n) is 7.96. The maximum absolute atomic E-state index is 5.81. The lowest BCUT2D eigenvalue weighted by Crippen LogP contribution is -2.47. The molecular formula is C11H18ClN. The minimum absolute atomic E-state index is 0. The van der Waals surface area contributed by atoms with Crippen molar-refractivity contribution in [3.8, 4) is 12.3 Å². The van der Waals surface area contributed by atoms with Crippen molar-refractivity contribution in [3.05, 3.63) is 0 Å². The molecule has 0 bridgehead atoms. The summed E-state index contributed by atoms with van der Waals surface area (Å²) in [5, 5.41) is 0. The molecule has 0 heterocycles. The third-order valence-electron chi connectivity index (χ3n) is 3.67. The van der Waals surface area contributed by atoms with Crippen molar-refractivity contribution < 1.29 is 0 Å². The summed E-state index contributed by atoms with van der Waals surface area (Å²) in [6.07, 6.45) is 13.0. The van der Waals surface area contributed by atoms with Crippen LogP contribution in [0.2, 0.25) is 0 Å². The minimum atomic E-state index is 0. The van der Waals surface area contributed by atoms with Gasteiger partial charge in [0.25, 0.3) is 0 Å². The second kappa shape index (κ2) is 3.90. The van der Waals surface area contributed by atoms with E-state index in [0.717, 1.165) is 0 Å². The van der Waals surface area contributed by atoms with Crippen LogP contribution in [0.3, 0.4) is 0 Å². The van der Waals surface area contributed by atoms with Crippen LogP contribution in [0.15, 0.2) is 0 Å². The van der Waals surface area contributed by atoms with Gasteiger partial charge in [0.1, 0.15) is 0 Å². The third kappa shape index (κ3) is 2.00. The molecule has 74 valence electrons. The van der Waals surface area contributed by atoms with Crippen molar-refractivity contribution in [2.45, 2.75) is 44.6 Å². The van der Waals surface area contributed by atoms with E-state index in [4.69, 9.17) is 12.2 Å². The molecule has 0 aromatic carbocycles. The van der Waals surface area contributed by atoms with Gasteiger partial charge in [-0.25, -0.2) is 0 Å². The molecule has 0 aliphatic heterocycles. The number of hydrogen-bond donors (Lipinski definition) is 1. The van der Waals surface area contributed by atoms with Gasteiger partial charge in [-0.15, -0.1) is 24.8 Å². The maximum Gasteiger partial charge on any atom is 0.0200 e. The highest BCUT2D eigenvalue weighted by Crippen LogP contribution is 2.51. The summed E-state index contributed by atoms with van der Waals surface area (Å²) in [5.41, 5.74) is 6.44. The SMILES string of the molecule is C#CC1CCC2(CC1)CC(N)C2.Cl. The second-order valence-electron chi connectivity index (χ2n) is 4.61. The lowest BCUT2D eigenvalue weighted by molar-refractivity contribution is 0.0454. The molecule has 2 fully saturated rings. The number of terminal acetylenes is 1. The molecule has 0 saturated heterocycles. The van der Waals surface area contributed by atoms with E-state index >= 15 is 0 Å². The van der Waals surface area contributed by atoms with Crippen molar-refractivity contribution in [3.63, 3.8) is 0 Å². The molecule has 1 nitrogen and oxygen atoms in total. The Morgan fingerprint density at radius 1 is 1.23 bits per heavy atom. The minimum Gasteiger partial charge on any atom is -0.328 e. The molecule has 1 spiro atoms. The van der Waals surface area contributed by atoms with Crippen molar-refractivity contribution in [1.29, 1.82) is 0 Å². The zero-order chi connectivity index (χ0) is 8.60. The number of nitrogens with two attached hydrogens (primary N) is 1. The molecule has 2 aliphatic carbocycles. The average molecular weight is 200 g/mol. The highest BCUT2D eigenvalue weighted by molar-refractivity contribution is 5.85. The van der Waals surface area contributed by atoms with Crippen molar-refractivity contribution in [2.75, 3.05) is 0 Å². The Bertz CT molecular complexity index is 203. The zero-order valence-corrected chi connectivity index (χ0v) is 8.78. The smallest absolute Gasteiger partial charge is 0.0200 e. The van der Waals surface area contributed by atoms with E-state index in [0.29, 0.717) is 17.4 Å². The Balaban J connectivity index is 0.000000845. The van der Waals surface area contributed by atoms with E-state index in [9.17, 15) is 0 Å². The van der Waals surface area contributed by atoms with Gasteiger partial charge in [0, 0.05) is 12.0 Å². The summed E-state index contributed by atoms with van der Waals surface area (Å²) in [6, 6.07) is 0.493. The van der Waals surface area contributed by atoms with Crippen LogP contribution in [0.25, 0.3) is 0 Å². The van der Waals surface area contributed by atoms with Crippen molar-refractivity contribution in [2.24, 2.45) is 17.1 Å². The monoisotopic (exact) mass is 199 g/mol. The Hall–Kier alpha value is -0.190. The molecule has 2 saturated carbocycles. The fraction of sp³-hybridized carbons (Fsp3) is 0.818. The quantitative estimate of drug-likeness (QED) is 0.596. The van der Waals surface area contributed by atoms with Gasteiger partial charge >= 0.3 is 0 Å². The van der Waals surface area contributed by atoms with E-state index < -0.39 is 0 Å². The fourth-order valence-corrected chi connectivity index (χ4v) is 2.86. The van der Waals surface area contributed by atoms with Crippen LogP contribution in [0, 0.1) is 23.7 Å².